The van der Waals surface area contributed by atoms with Crippen molar-refractivity contribution in [1.29, 1.82) is 0 Å². The molecule has 0 unspecified atom stereocenters. The largest absolute Gasteiger partial charge is 0.418 e. The molecular formula is C8H2Br2ClF3O. The second-order valence-electron chi connectivity index (χ2n) is 2.55. The maximum atomic E-state index is 12.6. The summed E-state index contributed by atoms with van der Waals surface area (Å²) >= 11 is 10.7. The molecule has 0 saturated carbocycles. The van der Waals surface area contributed by atoms with Crippen molar-refractivity contribution in [2.75, 3.05) is 0 Å². The van der Waals surface area contributed by atoms with E-state index in [2.05, 4.69) is 31.9 Å². The standard InChI is InChI=1S/C8H2Br2ClF3O/c9-3-1-2-4(10)6(8(12,13)14)5(3)7(11)15/h1-2H. The number of halogens is 6. The van der Waals surface area contributed by atoms with E-state index in [1.165, 1.54) is 12.1 Å². The number of carbonyl (C=O) groups is 1. The number of hydrogen-bond acceptors (Lipinski definition) is 1. The summed E-state index contributed by atoms with van der Waals surface area (Å²) in [5.41, 5.74) is -1.66. The van der Waals surface area contributed by atoms with Gasteiger partial charge in [0.05, 0.1) is 11.1 Å². The predicted molar refractivity (Wildman–Crippen MR) is 57.0 cm³/mol. The van der Waals surface area contributed by atoms with Gasteiger partial charge in [0.25, 0.3) is 5.24 Å². The zero-order valence-corrected chi connectivity index (χ0v) is 10.8. The van der Waals surface area contributed by atoms with Crippen LogP contribution >= 0.6 is 43.5 Å². The number of alkyl halides is 3. The summed E-state index contributed by atoms with van der Waals surface area (Å²) in [7, 11) is 0. The fourth-order valence-corrected chi connectivity index (χ4v) is 2.40. The Kier molecular flexibility index (Phi) is 3.84. The first-order valence-electron chi connectivity index (χ1n) is 3.50. The maximum absolute atomic E-state index is 12.6. The Morgan fingerprint density at radius 2 is 1.67 bits per heavy atom. The second kappa shape index (κ2) is 4.43. The van der Waals surface area contributed by atoms with E-state index in [9.17, 15) is 18.0 Å². The summed E-state index contributed by atoms with van der Waals surface area (Å²) in [6, 6.07) is 2.51. The normalized spacial score (nSPS) is 11.6. The lowest BCUT2D eigenvalue weighted by Gasteiger charge is -2.13. The average molecular weight is 366 g/mol. The summed E-state index contributed by atoms with van der Waals surface area (Å²) in [6.07, 6.45) is -4.64. The van der Waals surface area contributed by atoms with Gasteiger partial charge in [0.1, 0.15) is 0 Å². The first-order valence-corrected chi connectivity index (χ1v) is 5.46. The van der Waals surface area contributed by atoms with Crippen LogP contribution < -0.4 is 0 Å². The number of hydrogen-bond donors (Lipinski definition) is 0. The van der Waals surface area contributed by atoms with Crippen molar-refractivity contribution in [3.8, 4) is 0 Å². The molecule has 7 heteroatoms. The minimum atomic E-state index is -4.64. The molecule has 0 aliphatic rings. The third-order valence-corrected chi connectivity index (χ3v) is 3.09. The van der Waals surface area contributed by atoms with Crippen LogP contribution in [0.4, 0.5) is 13.2 Å². The van der Waals surface area contributed by atoms with Crippen LogP contribution in [0.5, 0.6) is 0 Å². The van der Waals surface area contributed by atoms with Crippen molar-refractivity contribution in [1.82, 2.24) is 0 Å². The van der Waals surface area contributed by atoms with E-state index in [4.69, 9.17) is 11.6 Å². The molecule has 0 spiro atoms. The van der Waals surface area contributed by atoms with E-state index in [0.29, 0.717) is 0 Å². The Labute approximate surface area is 105 Å². The van der Waals surface area contributed by atoms with Gasteiger partial charge >= 0.3 is 6.18 Å². The third-order valence-electron chi connectivity index (χ3n) is 1.58. The molecule has 15 heavy (non-hydrogen) atoms. The smallest absolute Gasteiger partial charge is 0.276 e. The van der Waals surface area contributed by atoms with E-state index in [0.717, 1.165) is 0 Å². The molecule has 1 aromatic rings. The average Bonchev–Trinajstić information content (AvgIpc) is 2.05. The summed E-state index contributed by atoms with van der Waals surface area (Å²) in [5.74, 6) is 0. The molecule has 0 saturated heterocycles. The number of benzene rings is 1. The van der Waals surface area contributed by atoms with Gasteiger partial charge in [-0.15, -0.1) is 0 Å². The zero-order valence-electron chi connectivity index (χ0n) is 6.83. The third kappa shape index (κ3) is 2.73. The van der Waals surface area contributed by atoms with Gasteiger partial charge in [-0.2, -0.15) is 13.2 Å². The van der Waals surface area contributed by atoms with E-state index in [1.54, 1.807) is 0 Å². The zero-order chi connectivity index (χ0) is 11.8. The summed E-state index contributed by atoms with van der Waals surface area (Å²) in [6.45, 7) is 0. The van der Waals surface area contributed by atoms with Crippen molar-refractivity contribution in [2.45, 2.75) is 6.18 Å². The van der Waals surface area contributed by atoms with Gasteiger partial charge in [-0.3, -0.25) is 4.79 Å². The van der Waals surface area contributed by atoms with Crippen LogP contribution in [0.15, 0.2) is 21.1 Å². The SMILES string of the molecule is O=C(Cl)c1c(Br)ccc(Br)c1C(F)(F)F. The highest BCUT2D eigenvalue weighted by Gasteiger charge is 2.38. The lowest BCUT2D eigenvalue weighted by Crippen LogP contribution is -2.12. The van der Waals surface area contributed by atoms with Crippen LogP contribution in [-0.2, 0) is 6.18 Å². The van der Waals surface area contributed by atoms with Crippen molar-refractivity contribution in [3.63, 3.8) is 0 Å². The van der Waals surface area contributed by atoms with Gasteiger partial charge in [-0.1, -0.05) is 15.9 Å². The molecule has 0 fully saturated rings. The van der Waals surface area contributed by atoms with Crippen LogP contribution in [0.2, 0.25) is 0 Å². The number of rotatable bonds is 1. The topological polar surface area (TPSA) is 17.1 Å². The van der Waals surface area contributed by atoms with Gasteiger partial charge in [0.15, 0.2) is 0 Å². The quantitative estimate of drug-likeness (QED) is 0.664. The molecule has 82 valence electrons. The molecule has 1 nitrogen and oxygen atoms in total. The molecule has 0 aromatic heterocycles. The molecule has 1 rings (SSSR count). The molecule has 0 amide bonds. The highest BCUT2D eigenvalue weighted by molar-refractivity contribution is 9.11. The van der Waals surface area contributed by atoms with Gasteiger partial charge in [-0.05, 0) is 39.7 Å². The van der Waals surface area contributed by atoms with E-state index >= 15 is 0 Å². The molecule has 0 N–H and O–H groups in total. The minimum absolute atomic E-state index is 0.0121. The predicted octanol–water partition coefficient (Wildman–Crippen LogP) is 4.61. The van der Waals surface area contributed by atoms with Crippen molar-refractivity contribution < 1.29 is 18.0 Å². The van der Waals surface area contributed by atoms with E-state index in [1.807, 2.05) is 0 Å². The van der Waals surface area contributed by atoms with E-state index in [-0.39, 0.29) is 8.95 Å². The Morgan fingerprint density at radius 3 is 2.00 bits per heavy atom. The van der Waals surface area contributed by atoms with Crippen molar-refractivity contribution in [3.05, 3.63) is 32.2 Å². The Hall–Kier alpha value is -0.0700. The molecule has 0 aliphatic heterocycles. The fraction of sp³-hybridized carbons (Fsp3) is 0.125. The van der Waals surface area contributed by atoms with Crippen LogP contribution in [0.1, 0.15) is 15.9 Å². The monoisotopic (exact) mass is 364 g/mol. The van der Waals surface area contributed by atoms with Crippen LogP contribution in [0.25, 0.3) is 0 Å². The maximum Gasteiger partial charge on any atom is 0.418 e. The van der Waals surface area contributed by atoms with Crippen LogP contribution in [0.3, 0.4) is 0 Å². The Balaban J connectivity index is 3.60. The van der Waals surface area contributed by atoms with Crippen LogP contribution in [0, 0.1) is 0 Å². The second-order valence-corrected chi connectivity index (χ2v) is 4.60. The van der Waals surface area contributed by atoms with E-state index < -0.39 is 22.5 Å². The first kappa shape index (κ1) is 13.0. The molecule has 0 atom stereocenters. The fourth-order valence-electron chi connectivity index (χ4n) is 1.02. The summed E-state index contributed by atoms with van der Waals surface area (Å²) < 4.78 is 37.6. The summed E-state index contributed by atoms with van der Waals surface area (Å²) in [4.78, 5) is 10.9. The highest BCUT2D eigenvalue weighted by atomic mass is 79.9. The highest BCUT2D eigenvalue weighted by Crippen LogP contribution is 2.40. The Bertz CT molecular complexity index is 417. The van der Waals surface area contributed by atoms with Gasteiger partial charge in [0, 0.05) is 8.95 Å². The Morgan fingerprint density at radius 1 is 1.20 bits per heavy atom. The van der Waals surface area contributed by atoms with Gasteiger partial charge in [0.2, 0.25) is 0 Å². The summed E-state index contributed by atoms with van der Waals surface area (Å²) in [5, 5.41) is -1.16. The molecule has 0 bridgehead atoms. The molecular weight excluding hydrogens is 364 g/mol. The molecule has 0 heterocycles. The van der Waals surface area contributed by atoms with Crippen LogP contribution in [-0.4, -0.2) is 5.24 Å². The lowest BCUT2D eigenvalue weighted by molar-refractivity contribution is -0.138. The first-order chi connectivity index (χ1) is 6.75. The van der Waals surface area contributed by atoms with Gasteiger partial charge in [-0.25, -0.2) is 0 Å². The van der Waals surface area contributed by atoms with Crippen molar-refractivity contribution in [2.24, 2.45) is 0 Å². The minimum Gasteiger partial charge on any atom is -0.276 e. The van der Waals surface area contributed by atoms with Crippen molar-refractivity contribution >= 4 is 48.7 Å². The number of carbonyl (C=O) groups excluding carboxylic acids is 1. The molecule has 0 radical (unpaired) electrons. The molecule has 1 aromatic carbocycles. The lowest BCUT2D eigenvalue weighted by atomic mass is 10.1. The van der Waals surface area contributed by atoms with Gasteiger partial charge < -0.3 is 0 Å². The molecule has 0 aliphatic carbocycles.